The summed E-state index contributed by atoms with van der Waals surface area (Å²) in [5, 5.41) is 8.33. The second kappa shape index (κ2) is 6.97. The quantitative estimate of drug-likeness (QED) is 0.799. The molecule has 1 saturated carbocycles. The van der Waals surface area contributed by atoms with E-state index < -0.39 is 0 Å². The number of carbonyl (C=O) groups excluding carboxylic acids is 2. The van der Waals surface area contributed by atoms with Crippen molar-refractivity contribution in [3.05, 3.63) is 47.3 Å². The topological polar surface area (TPSA) is 71.3 Å². The van der Waals surface area contributed by atoms with Crippen molar-refractivity contribution in [2.24, 2.45) is 5.41 Å². The van der Waals surface area contributed by atoms with Crippen LogP contribution in [0.2, 0.25) is 0 Å². The van der Waals surface area contributed by atoms with E-state index in [0.717, 1.165) is 38.6 Å². The van der Waals surface area contributed by atoms with Crippen molar-refractivity contribution in [1.29, 1.82) is 0 Å². The van der Waals surface area contributed by atoms with Crippen LogP contribution in [-0.2, 0) is 24.3 Å². The minimum absolute atomic E-state index is 0.0735. The van der Waals surface area contributed by atoms with Gasteiger partial charge < -0.3 is 9.80 Å². The maximum atomic E-state index is 12.9. The number of hydrogen-bond donors (Lipinski definition) is 0. The Morgan fingerprint density at radius 2 is 1.97 bits per heavy atom. The highest BCUT2D eigenvalue weighted by Gasteiger charge is 2.49. The molecule has 1 aromatic heterocycles. The summed E-state index contributed by atoms with van der Waals surface area (Å²) in [6.45, 7) is 4.81. The lowest BCUT2D eigenvalue weighted by molar-refractivity contribution is -0.137. The molecule has 152 valence electrons. The van der Waals surface area contributed by atoms with E-state index in [1.807, 2.05) is 21.9 Å². The predicted molar refractivity (Wildman–Crippen MR) is 107 cm³/mol. The Kier molecular flexibility index (Phi) is 4.41. The molecule has 1 aromatic carbocycles. The van der Waals surface area contributed by atoms with E-state index in [9.17, 15) is 9.59 Å². The number of likely N-dealkylation sites (tertiary alicyclic amines) is 1. The molecule has 29 heavy (non-hydrogen) atoms. The molecule has 0 bridgehead atoms. The van der Waals surface area contributed by atoms with Gasteiger partial charge in [0.15, 0.2) is 5.69 Å². The van der Waals surface area contributed by atoms with Gasteiger partial charge in [-0.3, -0.25) is 9.59 Å². The first-order valence-corrected chi connectivity index (χ1v) is 10.6. The Bertz CT molecular complexity index is 948. The summed E-state index contributed by atoms with van der Waals surface area (Å²) in [7, 11) is 0. The Morgan fingerprint density at radius 1 is 1.17 bits per heavy atom. The van der Waals surface area contributed by atoms with Crippen molar-refractivity contribution in [2.45, 2.75) is 58.2 Å². The molecular weight excluding hydrogens is 366 g/mol. The molecule has 2 amide bonds. The van der Waals surface area contributed by atoms with E-state index in [0.29, 0.717) is 25.3 Å². The summed E-state index contributed by atoms with van der Waals surface area (Å²) in [4.78, 5) is 29.6. The Morgan fingerprint density at radius 3 is 2.76 bits per heavy atom. The van der Waals surface area contributed by atoms with Gasteiger partial charge in [0.25, 0.3) is 5.91 Å². The molecular formula is C22H27N5O2. The first-order chi connectivity index (χ1) is 14.0. The van der Waals surface area contributed by atoms with Crippen LogP contribution in [0.25, 0.3) is 0 Å². The van der Waals surface area contributed by atoms with E-state index in [4.69, 9.17) is 0 Å². The van der Waals surface area contributed by atoms with Crippen LogP contribution in [0.15, 0.2) is 30.5 Å². The van der Waals surface area contributed by atoms with Crippen molar-refractivity contribution < 1.29 is 9.59 Å². The standard InChI is InChI=1S/C22H27N5O2/c1-22(9-10-22)21(29)27-11-4-7-18(27)14-26-15-19(23-24-26)20(28)25-12-8-16-5-2-3-6-17(16)13-25/h2-3,5-6,15,18H,4,7-14H2,1H3. The van der Waals surface area contributed by atoms with Gasteiger partial charge >= 0.3 is 0 Å². The van der Waals surface area contributed by atoms with Crippen LogP contribution in [-0.4, -0.2) is 55.7 Å². The van der Waals surface area contributed by atoms with Crippen molar-refractivity contribution in [1.82, 2.24) is 24.8 Å². The molecule has 2 fully saturated rings. The van der Waals surface area contributed by atoms with Gasteiger partial charge in [0.2, 0.25) is 5.91 Å². The second-order valence-corrected chi connectivity index (χ2v) is 8.93. The fourth-order valence-corrected chi connectivity index (χ4v) is 4.57. The van der Waals surface area contributed by atoms with Gasteiger partial charge in [-0.2, -0.15) is 0 Å². The summed E-state index contributed by atoms with van der Waals surface area (Å²) < 4.78 is 1.73. The van der Waals surface area contributed by atoms with E-state index >= 15 is 0 Å². The lowest BCUT2D eigenvalue weighted by Crippen LogP contribution is -2.41. The van der Waals surface area contributed by atoms with Crippen molar-refractivity contribution in [3.63, 3.8) is 0 Å². The van der Waals surface area contributed by atoms with Gasteiger partial charge in [-0.1, -0.05) is 36.4 Å². The third-order valence-electron chi connectivity index (χ3n) is 6.73. The largest absolute Gasteiger partial charge is 0.337 e. The lowest BCUT2D eigenvalue weighted by Gasteiger charge is -2.28. The number of nitrogens with zero attached hydrogens (tertiary/aromatic N) is 5. The average Bonchev–Trinajstić information content (AvgIpc) is 3.14. The third-order valence-corrected chi connectivity index (χ3v) is 6.73. The zero-order valence-corrected chi connectivity index (χ0v) is 16.9. The summed E-state index contributed by atoms with van der Waals surface area (Å²) in [6.07, 6.45) is 6.61. The predicted octanol–water partition coefficient (Wildman–Crippen LogP) is 2.27. The number of carbonyl (C=O) groups is 2. The highest BCUT2D eigenvalue weighted by atomic mass is 16.2. The van der Waals surface area contributed by atoms with Crippen LogP contribution < -0.4 is 0 Å². The fourth-order valence-electron chi connectivity index (χ4n) is 4.57. The minimum Gasteiger partial charge on any atom is -0.337 e. The molecule has 1 saturated heterocycles. The molecule has 1 aliphatic carbocycles. The van der Waals surface area contributed by atoms with Gasteiger partial charge in [-0.25, -0.2) is 4.68 Å². The maximum absolute atomic E-state index is 12.9. The maximum Gasteiger partial charge on any atom is 0.276 e. The molecule has 0 radical (unpaired) electrons. The number of benzene rings is 1. The molecule has 2 aliphatic heterocycles. The Hall–Kier alpha value is -2.70. The first-order valence-electron chi connectivity index (χ1n) is 10.6. The summed E-state index contributed by atoms with van der Waals surface area (Å²) in [5.41, 5.74) is 2.76. The Labute approximate surface area is 170 Å². The van der Waals surface area contributed by atoms with Crippen LogP contribution >= 0.6 is 0 Å². The van der Waals surface area contributed by atoms with Crippen LogP contribution in [0.4, 0.5) is 0 Å². The van der Waals surface area contributed by atoms with Crippen LogP contribution in [0, 0.1) is 5.41 Å². The van der Waals surface area contributed by atoms with E-state index in [-0.39, 0.29) is 23.3 Å². The highest BCUT2D eigenvalue weighted by molar-refractivity contribution is 5.92. The highest BCUT2D eigenvalue weighted by Crippen LogP contribution is 2.47. The number of hydrogen-bond acceptors (Lipinski definition) is 4. The van der Waals surface area contributed by atoms with Crippen molar-refractivity contribution in [3.8, 4) is 0 Å². The van der Waals surface area contributed by atoms with Crippen molar-refractivity contribution >= 4 is 11.8 Å². The molecule has 0 N–H and O–H groups in total. The van der Waals surface area contributed by atoms with E-state index in [2.05, 4.69) is 29.4 Å². The normalized spacial score (nSPS) is 22.4. The number of amides is 2. The third kappa shape index (κ3) is 3.43. The molecule has 2 aromatic rings. The first kappa shape index (κ1) is 18.3. The summed E-state index contributed by atoms with van der Waals surface area (Å²) >= 11 is 0. The van der Waals surface area contributed by atoms with Crippen molar-refractivity contribution in [2.75, 3.05) is 13.1 Å². The molecule has 3 heterocycles. The molecule has 7 nitrogen and oxygen atoms in total. The van der Waals surface area contributed by atoms with Crippen LogP contribution in [0.1, 0.15) is 54.2 Å². The smallest absolute Gasteiger partial charge is 0.276 e. The molecule has 0 spiro atoms. The number of fused-ring (bicyclic) bond motifs is 1. The zero-order chi connectivity index (χ0) is 20.0. The molecule has 7 heteroatoms. The van der Waals surface area contributed by atoms with Gasteiger partial charge in [0, 0.05) is 25.0 Å². The average molecular weight is 393 g/mol. The van der Waals surface area contributed by atoms with Gasteiger partial charge in [0.1, 0.15) is 0 Å². The van der Waals surface area contributed by atoms with Gasteiger partial charge in [0.05, 0.1) is 18.8 Å². The fraction of sp³-hybridized carbons (Fsp3) is 0.545. The lowest BCUT2D eigenvalue weighted by atomic mass is 10.00. The Balaban J connectivity index is 1.25. The molecule has 5 rings (SSSR count). The molecule has 1 atom stereocenters. The second-order valence-electron chi connectivity index (χ2n) is 8.93. The van der Waals surface area contributed by atoms with E-state index in [1.54, 1.807) is 10.9 Å². The summed E-state index contributed by atoms with van der Waals surface area (Å²) in [5.74, 6) is 0.207. The number of aromatic nitrogens is 3. The zero-order valence-electron chi connectivity index (χ0n) is 16.9. The summed E-state index contributed by atoms with van der Waals surface area (Å²) in [6, 6.07) is 8.41. The van der Waals surface area contributed by atoms with E-state index in [1.165, 1.54) is 11.1 Å². The molecule has 3 aliphatic rings. The number of rotatable bonds is 4. The van der Waals surface area contributed by atoms with Crippen LogP contribution in [0.3, 0.4) is 0 Å². The van der Waals surface area contributed by atoms with Gasteiger partial charge in [-0.15, -0.1) is 5.10 Å². The van der Waals surface area contributed by atoms with Crippen LogP contribution in [0.5, 0.6) is 0 Å². The minimum atomic E-state index is -0.142. The van der Waals surface area contributed by atoms with Gasteiger partial charge in [-0.05, 0) is 43.2 Å². The monoisotopic (exact) mass is 393 g/mol. The SMILES string of the molecule is CC1(C(=O)N2CCCC2Cn2cc(C(=O)N3CCc4ccccc4C3)nn2)CC1. The molecule has 1 unspecified atom stereocenters.